The minimum Gasteiger partial charge on any atom is -0.374 e. The molecule has 20 heavy (non-hydrogen) atoms. The third kappa shape index (κ3) is 2.71. The van der Waals surface area contributed by atoms with Crippen LogP contribution in [0.5, 0.6) is 0 Å². The van der Waals surface area contributed by atoms with E-state index in [2.05, 4.69) is 0 Å². The molecule has 3 unspecified atom stereocenters. The first kappa shape index (κ1) is 14.6. The normalized spacial score (nSPS) is 31.6. The molecule has 3 rings (SSSR count). The van der Waals surface area contributed by atoms with Gasteiger partial charge in [-0.05, 0) is 37.0 Å². The number of hydrogen-bond donors (Lipinski definition) is 1. The molecule has 1 spiro atoms. The van der Waals surface area contributed by atoms with Gasteiger partial charge in [0.15, 0.2) is 0 Å². The molecule has 110 valence electrons. The van der Waals surface area contributed by atoms with E-state index in [-0.39, 0.29) is 28.4 Å². The predicted octanol–water partition coefficient (Wildman–Crippen LogP) is 3.78. The van der Waals surface area contributed by atoms with Gasteiger partial charge in [0.1, 0.15) is 5.82 Å². The Bertz CT molecular complexity index is 493. The van der Waals surface area contributed by atoms with Crippen LogP contribution in [-0.2, 0) is 4.74 Å². The fourth-order valence-electron chi connectivity index (χ4n) is 3.27. The molecule has 2 heterocycles. The van der Waals surface area contributed by atoms with Crippen LogP contribution < -0.4 is 5.73 Å². The number of rotatable bonds is 2. The van der Waals surface area contributed by atoms with E-state index in [1.54, 1.807) is 18.2 Å². The van der Waals surface area contributed by atoms with Crippen LogP contribution in [0.25, 0.3) is 0 Å². The monoisotopic (exact) mass is 315 g/mol. The summed E-state index contributed by atoms with van der Waals surface area (Å²) >= 11 is 7.79. The third-order valence-electron chi connectivity index (χ3n) is 4.45. The predicted molar refractivity (Wildman–Crippen MR) is 81.7 cm³/mol. The lowest BCUT2D eigenvalue weighted by atomic mass is 9.79. The fourth-order valence-corrected chi connectivity index (χ4v) is 4.83. The van der Waals surface area contributed by atoms with Gasteiger partial charge in [-0.25, -0.2) is 4.39 Å². The van der Waals surface area contributed by atoms with Crippen molar-refractivity contribution in [3.63, 3.8) is 0 Å². The lowest BCUT2D eigenvalue weighted by molar-refractivity contribution is -0.0835. The van der Waals surface area contributed by atoms with Gasteiger partial charge in [0.2, 0.25) is 0 Å². The summed E-state index contributed by atoms with van der Waals surface area (Å²) in [6, 6.07) is 4.77. The molecule has 0 aliphatic carbocycles. The van der Waals surface area contributed by atoms with Crippen molar-refractivity contribution in [1.82, 2.24) is 0 Å². The molecule has 0 bridgehead atoms. The zero-order chi connectivity index (χ0) is 14.2. The third-order valence-corrected chi connectivity index (χ3v) is 5.96. The molecule has 2 nitrogen and oxygen atoms in total. The summed E-state index contributed by atoms with van der Waals surface area (Å²) < 4.78 is 20.1. The van der Waals surface area contributed by atoms with Gasteiger partial charge in [-0.3, -0.25) is 0 Å². The van der Waals surface area contributed by atoms with E-state index in [1.165, 1.54) is 0 Å². The van der Waals surface area contributed by atoms with E-state index in [0.717, 1.165) is 37.4 Å². The molecule has 2 fully saturated rings. The standard InChI is InChI=1S/C15H19ClFNOS/c16-12-3-1-2-11(13(12)17)14(18)10-4-6-19-15(8-10)5-7-20-9-15/h1-3,10,14H,4-9,18H2. The van der Waals surface area contributed by atoms with Gasteiger partial charge < -0.3 is 10.5 Å². The zero-order valence-electron chi connectivity index (χ0n) is 11.3. The van der Waals surface area contributed by atoms with Crippen molar-refractivity contribution < 1.29 is 9.13 Å². The molecule has 0 saturated carbocycles. The van der Waals surface area contributed by atoms with Crippen molar-refractivity contribution in [2.45, 2.75) is 30.9 Å². The maximum Gasteiger partial charge on any atom is 0.146 e. The number of thioether (sulfide) groups is 1. The first-order valence-electron chi connectivity index (χ1n) is 7.02. The van der Waals surface area contributed by atoms with Gasteiger partial charge >= 0.3 is 0 Å². The first-order chi connectivity index (χ1) is 9.61. The van der Waals surface area contributed by atoms with Crippen LogP contribution in [0.1, 0.15) is 30.9 Å². The second-order valence-electron chi connectivity index (χ2n) is 5.76. The van der Waals surface area contributed by atoms with E-state index in [9.17, 15) is 4.39 Å². The molecule has 0 amide bonds. The van der Waals surface area contributed by atoms with E-state index < -0.39 is 0 Å². The SMILES string of the molecule is NC(c1cccc(Cl)c1F)C1CCOC2(CCSC2)C1. The van der Waals surface area contributed by atoms with Gasteiger partial charge in [-0.2, -0.15) is 11.8 Å². The molecule has 2 aliphatic rings. The Hall–Kier alpha value is -0.290. The summed E-state index contributed by atoms with van der Waals surface area (Å²) in [6.07, 6.45) is 2.89. The van der Waals surface area contributed by atoms with Crippen LogP contribution in [0.15, 0.2) is 18.2 Å². The Kier molecular flexibility index (Phi) is 4.27. The van der Waals surface area contributed by atoms with E-state index in [4.69, 9.17) is 22.1 Å². The Morgan fingerprint density at radius 2 is 2.35 bits per heavy atom. The molecule has 5 heteroatoms. The van der Waals surface area contributed by atoms with Gasteiger partial charge in [-0.15, -0.1) is 0 Å². The summed E-state index contributed by atoms with van der Waals surface area (Å²) in [5.74, 6) is 2.07. The molecule has 2 N–H and O–H groups in total. The number of benzene rings is 1. The zero-order valence-corrected chi connectivity index (χ0v) is 12.9. The molecular weight excluding hydrogens is 297 g/mol. The largest absolute Gasteiger partial charge is 0.374 e. The van der Waals surface area contributed by atoms with Gasteiger partial charge in [0.25, 0.3) is 0 Å². The summed E-state index contributed by atoms with van der Waals surface area (Å²) in [4.78, 5) is 0. The van der Waals surface area contributed by atoms with Gasteiger partial charge in [-0.1, -0.05) is 23.7 Å². The van der Waals surface area contributed by atoms with Crippen molar-refractivity contribution in [3.05, 3.63) is 34.6 Å². The van der Waals surface area contributed by atoms with E-state index in [1.807, 2.05) is 11.8 Å². The van der Waals surface area contributed by atoms with Crippen molar-refractivity contribution in [3.8, 4) is 0 Å². The van der Waals surface area contributed by atoms with Crippen molar-refractivity contribution in [1.29, 1.82) is 0 Å². The second kappa shape index (κ2) is 5.84. The Morgan fingerprint density at radius 1 is 1.50 bits per heavy atom. The van der Waals surface area contributed by atoms with Crippen LogP contribution >= 0.6 is 23.4 Å². The quantitative estimate of drug-likeness (QED) is 0.902. The maximum absolute atomic E-state index is 14.1. The van der Waals surface area contributed by atoms with Crippen molar-refractivity contribution >= 4 is 23.4 Å². The highest BCUT2D eigenvalue weighted by Gasteiger charge is 2.42. The average Bonchev–Trinajstić information content (AvgIpc) is 2.89. The van der Waals surface area contributed by atoms with Crippen LogP contribution in [0.4, 0.5) is 4.39 Å². The molecule has 2 aliphatic heterocycles. The Morgan fingerprint density at radius 3 is 3.10 bits per heavy atom. The molecule has 2 saturated heterocycles. The van der Waals surface area contributed by atoms with Crippen LogP contribution in [-0.4, -0.2) is 23.7 Å². The molecular formula is C15H19ClFNOS. The molecule has 0 radical (unpaired) electrons. The highest BCUT2D eigenvalue weighted by Crippen LogP contribution is 2.43. The molecule has 1 aromatic carbocycles. The number of ether oxygens (including phenoxy) is 1. The minimum absolute atomic E-state index is 0.0275. The average molecular weight is 316 g/mol. The summed E-state index contributed by atoms with van der Waals surface area (Å²) in [5, 5.41) is 0.149. The minimum atomic E-state index is -0.372. The van der Waals surface area contributed by atoms with Gasteiger partial charge in [0, 0.05) is 24.0 Å². The van der Waals surface area contributed by atoms with E-state index in [0.29, 0.717) is 5.56 Å². The summed E-state index contributed by atoms with van der Waals surface area (Å²) in [7, 11) is 0. The summed E-state index contributed by atoms with van der Waals surface area (Å²) in [5.41, 5.74) is 6.83. The lowest BCUT2D eigenvalue weighted by Crippen LogP contribution is -2.42. The van der Waals surface area contributed by atoms with Crippen molar-refractivity contribution in [2.75, 3.05) is 18.1 Å². The smallest absolute Gasteiger partial charge is 0.146 e. The second-order valence-corrected chi connectivity index (χ2v) is 7.27. The summed E-state index contributed by atoms with van der Waals surface area (Å²) in [6.45, 7) is 0.723. The Balaban J connectivity index is 1.79. The molecule has 1 aromatic rings. The highest BCUT2D eigenvalue weighted by atomic mass is 35.5. The van der Waals surface area contributed by atoms with Crippen LogP contribution in [0.2, 0.25) is 5.02 Å². The Labute approximate surface area is 128 Å². The van der Waals surface area contributed by atoms with Crippen LogP contribution in [0, 0.1) is 11.7 Å². The van der Waals surface area contributed by atoms with Crippen LogP contribution in [0.3, 0.4) is 0 Å². The topological polar surface area (TPSA) is 35.2 Å². The number of halogens is 2. The maximum atomic E-state index is 14.1. The fraction of sp³-hybridized carbons (Fsp3) is 0.600. The number of hydrogen-bond acceptors (Lipinski definition) is 3. The molecule has 0 aromatic heterocycles. The lowest BCUT2D eigenvalue weighted by Gasteiger charge is -2.40. The number of nitrogens with two attached hydrogens (primary N) is 1. The van der Waals surface area contributed by atoms with Crippen molar-refractivity contribution in [2.24, 2.45) is 11.7 Å². The highest BCUT2D eigenvalue weighted by molar-refractivity contribution is 7.99. The first-order valence-corrected chi connectivity index (χ1v) is 8.56. The molecule has 3 atom stereocenters. The van der Waals surface area contributed by atoms with E-state index >= 15 is 0 Å². The van der Waals surface area contributed by atoms with Gasteiger partial charge in [0.05, 0.1) is 10.6 Å².